The second kappa shape index (κ2) is 4.90. The van der Waals surface area contributed by atoms with Crippen LogP contribution in [0.4, 0.5) is 0 Å². The Morgan fingerprint density at radius 3 is 2.63 bits per heavy atom. The van der Waals surface area contributed by atoms with Crippen molar-refractivity contribution in [2.75, 3.05) is 26.3 Å². The maximum Gasteiger partial charge on any atom is 0.272 e. The fourth-order valence-electron chi connectivity index (χ4n) is 2.65. The number of carbonyl (C=O) groups excluding carboxylic acids is 1. The summed E-state index contributed by atoms with van der Waals surface area (Å²) >= 11 is 0. The van der Waals surface area contributed by atoms with E-state index in [0.717, 1.165) is 18.4 Å². The highest BCUT2D eigenvalue weighted by Crippen LogP contribution is 2.31. The van der Waals surface area contributed by atoms with Crippen LogP contribution in [0.3, 0.4) is 0 Å². The topological polar surface area (TPSA) is 51.7 Å². The third kappa shape index (κ3) is 2.48. The van der Waals surface area contributed by atoms with Crippen molar-refractivity contribution in [3.8, 4) is 0 Å². The van der Waals surface area contributed by atoms with Crippen LogP contribution >= 0.6 is 0 Å². The summed E-state index contributed by atoms with van der Waals surface area (Å²) in [4.78, 5) is 18.3. The van der Waals surface area contributed by atoms with E-state index in [-0.39, 0.29) is 5.91 Å². The smallest absolute Gasteiger partial charge is 0.272 e. The number of likely N-dealkylation sites (tertiary alicyclic amines) is 1. The summed E-state index contributed by atoms with van der Waals surface area (Å²) < 4.78 is 11.3. The predicted molar refractivity (Wildman–Crippen MR) is 68.7 cm³/mol. The summed E-state index contributed by atoms with van der Waals surface area (Å²) in [6, 6.07) is 3.72. The zero-order chi connectivity index (χ0) is 13.3. The van der Waals surface area contributed by atoms with Gasteiger partial charge in [-0.25, -0.2) is 0 Å². The Morgan fingerprint density at radius 1 is 1.32 bits per heavy atom. The minimum Gasteiger partial charge on any atom is -0.347 e. The molecule has 1 amide bonds. The average Bonchev–Trinajstić information content (AvgIpc) is 2.87. The Morgan fingerprint density at radius 2 is 2.00 bits per heavy atom. The summed E-state index contributed by atoms with van der Waals surface area (Å²) in [5.41, 5.74) is 1.57. The van der Waals surface area contributed by atoms with Gasteiger partial charge in [0.25, 0.3) is 5.91 Å². The third-order valence-corrected chi connectivity index (χ3v) is 3.76. The SMILES string of the molecule is Cc1ccnc(C(=O)N2CCC3(CC2)OCCO3)c1. The van der Waals surface area contributed by atoms with E-state index in [9.17, 15) is 4.79 Å². The fraction of sp³-hybridized carbons (Fsp3) is 0.571. The van der Waals surface area contributed by atoms with Crippen LogP contribution in [0.15, 0.2) is 18.3 Å². The van der Waals surface area contributed by atoms with E-state index in [1.54, 1.807) is 6.20 Å². The van der Waals surface area contributed by atoms with Gasteiger partial charge in [0.15, 0.2) is 5.79 Å². The molecule has 5 heteroatoms. The van der Waals surface area contributed by atoms with Gasteiger partial charge in [0.1, 0.15) is 5.69 Å². The van der Waals surface area contributed by atoms with Crippen LogP contribution in [0, 0.1) is 6.92 Å². The highest BCUT2D eigenvalue weighted by atomic mass is 16.7. The molecule has 0 bridgehead atoms. The second-order valence-electron chi connectivity index (χ2n) is 5.12. The number of hydrogen-bond donors (Lipinski definition) is 0. The van der Waals surface area contributed by atoms with E-state index < -0.39 is 5.79 Å². The number of rotatable bonds is 1. The van der Waals surface area contributed by atoms with Gasteiger partial charge in [-0.15, -0.1) is 0 Å². The number of piperidine rings is 1. The molecule has 0 aromatic carbocycles. The number of carbonyl (C=O) groups is 1. The lowest BCUT2D eigenvalue weighted by molar-refractivity contribution is -0.181. The molecule has 0 N–H and O–H groups in total. The van der Waals surface area contributed by atoms with Gasteiger partial charge in [0, 0.05) is 32.1 Å². The number of hydrogen-bond acceptors (Lipinski definition) is 4. The molecular weight excluding hydrogens is 244 g/mol. The molecule has 0 atom stereocenters. The molecule has 0 aliphatic carbocycles. The largest absolute Gasteiger partial charge is 0.347 e. The van der Waals surface area contributed by atoms with Crippen molar-refractivity contribution in [1.82, 2.24) is 9.88 Å². The van der Waals surface area contributed by atoms with Crippen molar-refractivity contribution >= 4 is 5.91 Å². The highest BCUT2D eigenvalue weighted by molar-refractivity contribution is 5.92. The summed E-state index contributed by atoms with van der Waals surface area (Å²) in [6.07, 6.45) is 3.16. The average molecular weight is 262 g/mol. The van der Waals surface area contributed by atoms with Crippen LogP contribution in [-0.2, 0) is 9.47 Å². The molecule has 2 aliphatic rings. The first kappa shape index (κ1) is 12.6. The number of aromatic nitrogens is 1. The lowest BCUT2D eigenvalue weighted by Crippen LogP contribution is -2.47. The number of nitrogens with zero attached hydrogens (tertiary/aromatic N) is 2. The van der Waals surface area contributed by atoms with Crippen LogP contribution < -0.4 is 0 Å². The van der Waals surface area contributed by atoms with Gasteiger partial charge in [-0.2, -0.15) is 0 Å². The zero-order valence-electron chi connectivity index (χ0n) is 11.1. The van der Waals surface area contributed by atoms with Crippen LogP contribution in [-0.4, -0.2) is 47.9 Å². The maximum absolute atomic E-state index is 12.3. The molecule has 102 valence electrons. The first-order valence-corrected chi connectivity index (χ1v) is 6.68. The Hall–Kier alpha value is -1.46. The van der Waals surface area contributed by atoms with Gasteiger partial charge in [0.05, 0.1) is 13.2 Å². The summed E-state index contributed by atoms with van der Waals surface area (Å²) in [5.74, 6) is -0.437. The van der Waals surface area contributed by atoms with Crippen molar-refractivity contribution < 1.29 is 14.3 Å². The van der Waals surface area contributed by atoms with Gasteiger partial charge in [0.2, 0.25) is 0 Å². The van der Waals surface area contributed by atoms with Gasteiger partial charge < -0.3 is 14.4 Å². The highest BCUT2D eigenvalue weighted by Gasteiger charge is 2.40. The van der Waals surface area contributed by atoms with Crippen molar-refractivity contribution in [1.29, 1.82) is 0 Å². The van der Waals surface area contributed by atoms with E-state index in [4.69, 9.17) is 9.47 Å². The molecule has 0 unspecified atom stereocenters. The summed E-state index contributed by atoms with van der Waals surface area (Å²) in [5, 5.41) is 0. The molecule has 0 saturated carbocycles. The molecule has 2 fully saturated rings. The van der Waals surface area contributed by atoms with Crippen molar-refractivity contribution in [2.45, 2.75) is 25.6 Å². The molecule has 3 rings (SSSR count). The van der Waals surface area contributed by atoms with Gasteiger partial charge in [-0.1, -0.05) is 0 Å². The van der Waals surface area contributed by atoms with Gasteiger partial charge >= 0.3 is 0 Å². The standard InChI is InChI=1S/C14H18N2O3/c1-11-2-5-15-12(10-11)13(17)16-6-3-14(4-7-16)18-8-9-19-14/h2,5,10H,3-4,6-9H2,1H3. The van der Waals surface area contributed by atoms with Crippen LogP contribution in [0.1, 0.15) is 28.9 Å². The van der Waals surface area contributed by atoms with Crippen molar-refractivity contribution in [3.63, 3.8) is 0 Å². The number of amides is 1. The van der Waals surface area contributed by atoms with Crippen LogP contribution in [0.25, 0.3) is 0 Å². The van der Waals surface area contributed by atoms with E-state index >= 15 is 0 Å². The molecule has 2 aliphatic heterocycles. The third-order valence-electron chi connectivity index (χ3n) is 3.76. The fourth-order valence-corrected chi connectivity index (χ4v) is 2.65. The quantitative estimate of drug-likeness (QED) is 0.767. The number of pyridine rings is 1. The molecule has 1 aromatic rings. The van der Waals surface area contributed by atoms with Gasteiger partial charge in [-0.05, 0) is 24.6 Å². The zero-order valence-corrected chi connectivity index (χ0v) is 11.1. The van der Waals surface area contributed by atoms with Crippen LogP contribution in [0.2, 0.25) is 0 Å². The molecule has 0 radical (unpaired) electrons. The first-order valence-electron chi connectivity index (χ1n) is 6.68. The van der Waals surface area contributed by atoms with Crippen LogP contribution in [0.5, 0.6) is 0 Å². The number of aryl methyl sites for hydroxylation is 1. The molecule has 1 aromatic heterocycles. The van der Waals surface area contributed by atoms with E-state index in [1.165, 1.54) is 0 Å². The second-order valence-corrected chi connectivity index (χ2v) is 5.12. The molecule has 1 spiro atoms. The molecule has 3 heterocycles. The number of ether oxygens (including phenoxy) is 2. The summed E-state index contributed by atoms with van der Waals surface area (Å²) in [6.45, 7) is 4.60. The van der Waals surface area contributed by atoms with Crippen molar-refractivity contribution in [3.05, 3.63) is 29.6 Å². The molecular formula is C14H18N2O3. The molecule has 5 nitrogen and oxygen atoms in total. The molecule has 2 saturated heterocycles. The molecule has 19 heavy (non-hydrogen) atoms. The predicted octanol–water partition coefficient (Wildman–Crippen LogP) is 1.37. The normalized spacial score (nSPS) is 21.8. The lowest BCUT2D eigenvalue weighted by Gasteiger charge is -2.37. The van der Waals surface area contributed by atoms with E-state index in [2.05, 4.69) is 4.98 Å². The summed E-state index contributed by atoms with van der Waals surface area (Å²) in [7, 11) is 0. The van der Waals surface area contributed by atoms with Gasteiger partial charge in [-0.3, -0.25) is 9.78 Å². The monoisotopic (exact) mass is 262 g/mol. The lowest BCUT2D eigenvalue weighted by atomic mass is 10.0. The maximum atomic E-state index is 12.3. The van der Waals surface area contributed by atoms with E-state index in [0.29, 0.717) is 32.0 Å². The Kier molecular flexibility index (Phi) is 3.24. The minimum absolute atomic E-state index is 0.00320. The van der Waals surface area contributed by atoms with E-state index in [1.807, 2.05) is 24.0 Å². The Bertz CT molecular complexity index is 473. The Balaban J connectivity index is 1.66. The first-order chi connectivity index (χ1) is 9.19. The minimum atomic E-state index is -0.434. The van der Waals surface area contributed by atoms with Crippen molar-refractivity contribution in [2.24, 2.45) is 0 Å². The Labute approximate surface area is 112 Å².